The number of rotatable bonds is 6. The van der Waals surface area contributed by atoms with Gasteiger partial charge in [0.2, 0.25) is 0 Å². The first-order valence-electron chi connectivity index (χ1n) is 5.94. The van der Waals surface area contributed by atoms with Gasteiger partial charge in [-0.05, 0) is 18.9 Å². The van der Waals surface area contributed by atoms with E-state index in [4.69, 9.17) is 5.73 Å². The van der Waals surface area contributed by atoms with Crippen molar-refractivity contribution in [3.8, 4) is 0 Å². The summed E-state index contributed by atoms with van der Waals surface area (Å²) in [5.41, 5.74) is 8.14. The van der Waals surface area contributed by atoms with Crippen molar-refractivity contribution in [2.45, 2.75) is 45.6 Å². The number of Topliss-reactive ketones (excluding diaryl/α,β-unsaturated/α-hetero) is 1. The zero-order valence-corrected chi connectivity index (χ0v) is 10.2. The van der Waals surface area contributed by atoms with Crippen molar-refractivity contribution in [2.24, 2.45) is 5.73 Å². The number of carbonyl (C=O) groups excluding carboxylic acids is 1. The second-order valence-electron chi connectivity index (χ2n) is 4.46. The predicted molar refractivity (Wildman–Crippen MR) is 67.4 cm³/mol. The van der Waals surface area contributed by atoms with Crippen LogP contribution in [0, 0.1) is 6.92 Å². The average Bonchev–Trinajstić information content (AvgIpc) is 2.17. The van der Waals surface area contributed by atoms with Crippen LogP contribution in [0.5, 0.6) is 0 Å². The minimum Gasteiger partial charge on any atom is -0.327 e. The fourth-order valence-corrected chi connectivity index (χ4v) is 1.89. The molecule has 2 nitrogen and oxygen atoms in total. The summed E-state index contributed by atoms with van der Waals surface area (Å²) in [5.74, 6) is 0.242. The molecule has 1 atom stereocenters. The Morgan fingerprint density at radius 2 is 2.19 bits per heavy atom. The standard InChI is InChI=1S/C14H21NO/c1-3-5-13(15)10-14(16)9-12-7-4-6-11(2)8-12/h4,6-8,13H,3,5,9-10,15H2,1-2H3. The van der Waals surface area contributed by atoms with Crippen LogP contribution in [0.25, 0.3) is 0 Å². The SMILES string of the molecule is CCCC(N)CC(=O)Cc1cccc(C)c1. The summed E-state index contributed by atoms with van der Waals surface area (Å²) in [5, 5.41) is 0. The van der Waals surface area contributed by atoms with Gasteiger partial charge < -0.3 is 5.73 Å². The number of hydrogen-bond donors (Lipinski definition) is 1. The molecule has 0 aromatic heterocycles. The summed E-state index contributed by atoms with van der Waals surface area (Å²) in [7, 11) is 0. The Balaban J connectivity index is 2.45. The molecule has 1 unspecified atom stereocenters. The van der Waals surface area contributed by atoms with Crippen LogP contribution in [-0.2, 0) is 11.2 Å². The highest BCUT2D eigenvalue weighted by atomic mass is 16.1. The molecule has 0 fully saturated rings. The molecule has 0 amide bonds. The van der Waals surface area contributed by atoms with Crippen LogP contribution in [0.2, 0.25) is 0 Å². The highest BCUT2D eigenvalue weighted by Crippen LogP contribution is 2.08. The Morgan fingerprint density at radius 3 is 2.81 bits per heavy atom. The average molecular weight is 219 g/mol. The fourth-order valence-electron chi connectivity index (χ4n) is 1.89. The molecule has 0 saturated heterocycles. The predicted octanol–water partition coefficient (Wildman–Crippen LogP) is 2.62. The number of nitrogens with two attached hydrogens (primary N) is 1. The quantitative estimate of drug-likeness (QED) is 0.799. The fraction of sp³-hybridized carbons (Fsp3) is 0.500. The minimum absolute atomic E-state index is 0.0299. The molecule has 1 aromatic carbocycles. The van der Waals surface area contributed by atoms with Crippen molar-refractivity contribution in [2.75, 3.05) is 0 Å². The summed E-state index contributed by atoms with van der Waals surface area (Å²) in [4.78, 5) is 11.7. The number of ketones is 1. The first-order valence-corrected chi connectivity index (χ1v) is 5.94. The van der Waals surface area contributed by atoms with Gasteiger partial charge in [-0.15, -0.1) is 0 Å². The topological polar surface area (TPSA) is 43.1 Å². The van der Waals surface area contributed by atoms with E-state index in [1.807, 2.05) is 25.1 Å². The van der Waals surface area contributed by atoms with Gasteiger partial charge in [0.05, 0.1) is 0 Å². The molecule has 1 rings (SSSR count). The molecule has 2 N–H and O–H groups in total. The molecule has 16 heavy (non-hydrogen) atoms. The van der Waals surface area contributed by atoms with Crippen LogP contribution < -0.4 is 5.73 Å². The molecule has 88 valence electrons. The monoisotopic (exact) mass is 219 g/mol. The van der Waals surface area contributed by atoms with E-state index in [0.717, 1.165) is 18.4 Å². The summed E-state index contributed by atoms with van der Waals surface area (Å²) in [6.07, 6.45) is 2.99. The van der Waals surface area contributed by atoms with E-state index in [0.29, 0.717) is 12.8 Å². The molecular formula is C14H21NO. The molecule has 0 aliphatic rings. The van der Waals surface area contributed by atoms with Gasteiger partial charge in [-0.1, -0.05) is 43.2 Å². The van der Waals surface area contributed by atoms with Crippen LogP contribution in [0.4, 0.5) is 0 Å². The van der Waals surface area contributed by atoms with Crippen molar-refractivity contribution in [3.63, 3.8) is 0 Å². The summed E-state index contributed by atoms with van der Waals surface area (Å²) >= 11 is 0. The van der Waals surface area contributed by atoms with E-state index < -0.39 is 0 Å². The molecule has 1 aromatic rings. The lowest BCUT2D eigenvalue weighted by Gasteiger charge is -2.09. The molecule has 0 bridgehead atoms. The molecule has 2 heteroatoms. The minimum atomic E-state index is 0.0299. The van der Waals surface area contributed by atoms with Gasteiger partial charge in [0.25, 0.3) is 0 Å². The highest BCUT2D eigenvalue weighted by Gasteiger charge is 2.09. The lowest BCUT2D eigenvalue weighted by molar-refractivity contribution is -0.118. The lowest BCUT2D eigenvalue weighted by atomic mass is 10.0. The Hall–Kier alpha value is -1.15. The maximum Gasteiger partial charge on any atom is 0.138 e. The molecule has 0 aliphatic heterocycles. The van der Waals surface area contributed by atoms with Gasteiger partial charge in [-0.2, -0.15) is 0 Å². The van der Waals surface area contributed by atoms with Gasteiger partial charge >= 0.3 is 0 Å². The summed E-state index contributed by atoms with van der Waals surface area (Å²) in [6, 6.07) is 8.11. The second kappa shape index (κ2) is 6.44. The third-order valence-corrected chi connectivity index (χ3v) is 2.63. The first kappa shape index (κ1) is 12.9. The summed E-state index contributed by atoms with van der Waals surface area (Å²) in [6.45, 7) is 4.13. The maximum absolute atomic E-state index is 11.7. The van der Waals surface area contributed by atoms with E-state index in [1.54, 1.807) is 0 Å². The smallest absolute Gasteiger partial charge is 0.138 e. The number of benzene rings is 1. The number of hydrogen-bond acceptors (Lipinski definition) is 2. The van der Waals surface area contributed by atoms with Crippen molar-refractivity contribution in [1.29, 1.82) is 0 Å². The highest BCUT2D eigenvalue weighted by molar-refractivity contribution is 5.81. The van der Waals surface area contributed by atoms with Crippen molar-refractivity contribution in [1.82, 2.24) is 0 Å². The van der Waals surface area contributed by atoms with Gasteiger partial charge in [0.1, 0.15) is 5.78 Å². The van der Waals surface area contributed by atoms with Crippen molar-refractivity contribution < 1.29 is 4.79 Å². The Bertz CT molecular complexity index is 346. The van der Waals surface area contributed by atoms with Crippen LogP contribution in [0.1, 0.15) is 37.3 Å². The van der Waals surface area contributed by atoms with E-state index >= 15 is 0 Å². The number of carbonyl (C=O) groups is 1. The van der Waals surface area contributed by atoms with Crippen LogP contribution in [-0.4, -0.2) is 11.8 Å². The molecule has 0 spiro atoms. The van der Waals surface area contributed by atoms with Gasteiger partial charge in [0, 0.05) is 18.9 Å². The normalized spacial score (nSPS) is 12.4. The zero-order valence-electron chi connectivity index (χ0n) is 10.2. The van der Waals surface area contributed by atoms with Crippen LogP contribution in [0.3, 0.4) is 0 Å². The van der Waals surface area contributed by atoms with E-state index in [9.17, 15) is 4.79 Å². The molecule has 0 aliphatic carbocycles. The third kappa shape index (κ3) is 4.58. The molecule has 0 saturated carbocycles. The molecule has 0 heterocycles. The first-order chi connectivity index (χ1) is 7.61. The van der Waals surface area contributed by atoms with E-state index in [2.05, 4.69) is 13.0 Å². The summed E-state index contributed by atoms with van der Waals surface area (Å²) < 4.78 is 0. The van der Waals surface area contributed by atoms with Gasteiger partial charge in [-0.25, -0.2) is 0 Å². The Labute approximate surface area is 97.9 Å². The number of aryl methyl sites for hydroxylation is 1. The van der Waals surface area contributed by atoms with Crippen molar-refractivity contribution in [3.05, 3.63) is 35.4 Å². The second-order valence-corrected chi connectivity index (χ2v) is 4.46. The maximum atomic E-state index is 11.7. The van der Waals surface area contributed by atoms with Crippen LogP contribution in [0.15, 0.2) is 24.3 Å². The zero-order chi connectivity index (χ0) is 12.0. The van der Waals surface area contributed by atoms with E-state index in [1.165, 1.54) is 5.56 Å². The largest absolute Gasteiger partial charge is 0.327 e. The van der Waals surface area contributed by atoms with Gasteiger partial charge in [0.15, 0.2) is 0 Å². The Kier molecular flexibility index (Phi) is 5.20. The van der Waals surface area contributed by atoms with Crippen LogP contribution >= 0.6 is 0 Å². The molecular weight excluding hydrogens is 198 g/mol. The lowest BCUT2D eigenvalue weighted by Crippen LogP contribution is -2.24. The van der Waals surface area contributed by atoms with Crippen molar-refractivity contribution >= 4 is 5.78 Å². The molecule has 0 radical (unpaired) electrons. The Morgan fingerprint density at radius 1 is 1.44 bits per heavy atom. The third-order valence-electron chi connectivity index (χ3n) is 2.63. The van der Waals surface area contributed by atoms with E-state index in [-0.39, 0.29) is 11.8 Å². The van der Waals surface area contributed by atoms with Gasteiger partial charge in [-0.3, -0.25) is 4.79 Å².